The van der Waals surface area contributed by atoms with Crippen LogP contribution in [0, 0.1) is 0 Å². The summed E-state index contributed by atoms with van der Waals surface area (Å²) in [5, 5.41) is 16.0. The summed E-state index contributed by atoms with van der Waals surface area (Å²) in [5.74, 6) is -0.426. The Morgan fingerprint density at radius 1 is 1.27 bits per heavy atom. The first-order valence-electron chi connectivity index (χ1n) is 8.79. The number of halogens is 1. The molecule has 30 heavy (non-hydrogen) atoms. The fraction of sp³-hybridized carbons (Fsp3) is 0.150. The maximum absolute atomic E-state index is 12.5. The van der Waals surface area contributed by atoms with Crippen molar-refractivity contribution in [3.8, 4) is 0 Å². The van der Waals surface area contributed by atoms with Crippen LogP contribution in [0.15, 0.2) is 53.9 Å². The lowest BCUT2D eigenvalue weighted by Gasteiger charge is -2.20. The summed E-state index contributed by atoms with van der Waals surface area (Å²) in [4.78, 5) is 27.2. The average Bonchev–Trinajstić information content (AvgIpc) is 3.22. The Morgan fingerprint density at radius 3 is 2.53 bits per heavy atom. The van der Waals surface area contributed by atoms with E-state index < -0.39 is 5.91 Å². The minimum Gasteiger partial charge on any atom is -0.385 e. The molecule has 0 atom stereocenters. The van der Waals surface area contributed by atoms with E-state index in [1.165, 1.54) is 0 Å². The zero-order valence-corrected chi connectivity index (χ0v) is 17.9. The summed E-state index contributed by atoms with van der Waals surface area (Å²) >= 11 is 6.98. The van der Waals surface area contributed by atoms with Gasteiger partial charge in [-0.3, -0.25) is 25.5 Å². The predicted octanol–water partition coefficient (Wildman–Crippen LogP) is 4.74. The van der Waals surface area contributed by atoms with Crippen LogP contribution in [0.5, 0.6) is 0 Å². The Labute approximate surface area is 183 Å². The maximum Gasteiger partial charge on any atom is 0.259 e. The van der Waals surface area contributed by atoms with Crippen molar-refractivity contribution in [1.29, 1.82) is 0 Å². The molecule has 0 saturated carbocycles. The van der Waals surface area contributed by atoms with Crippen molar-refractivity contribution >= 4 is 51.6 Å². The minimum atomic E-state index is -0.426. The van der Waals surface area contributed by atoms with Gasteiger partial charge in [-0.05, 0) is 43.3 Å². The van der Waals surface area contributed by atoms with Gasteiger partial charge in [-0.2, -0.15) is 5.17 Å². The van der Waals surface area contributed by atoms with Gasteiger partial charge >= 0.3 is 0 Å². The Balaban J connectivity index is 0.000000735. The number of ether oxygens (including phenoxy) is 1. The molecule has 0 saturated heterocycles. The first-order chi connectivity index (χ1) is 14.5. The number of hydrazine groups is 1. The van der Waals surface area contributed by atoms with Crippen molar-refractivity contribution in [2.24, 2.45) is 0 Å². The third-order valence-electron chi connectivity index (χ3n) is 3.62. The Bertz CT molecular complexity index is 963. The molecule has 1 aromatic heterocycles. The van der Waals surface area contributed by atoms with Crippen LogP contribution in [0.4, 0.5) is 16.5 Å². The summed E-state index contributed by atoms with van der Waals surface area (Å²) in [6.45, 7) is 2.78. The number of nitrogens with one attached hydrogen (secondary N) is 2. The van der Waals surface area contributed by atoms with Gasteiger partial charge < -0.3 is 4.74 Å². The lowest BCUT2D eigenvalue weighted by Crippen LogP contribution is -2.27. The van der Waals surface area contributed by atoms with Crippen LogP contribution >= 0.6 is 22.9 Å². The molecule has 8 nitrogen and oxygen atoms in total. The van der Waals surface area contributed by atoms with E-state index in [-0.39, 0.29) is 5.69 Å². The minimum absolute atomic E-state index is 0.251. The van der Waals surface area contributed by atoms with Gasteiger partial charge in [0.25, 0.3) is 5.91 Å². The topological polar surface area (TPSA) is 104 Å². The number of anilines is 3. The highest BCUT2D eigenvalue weighted by molar-refractivity contribution is 7.14. The van der Waals surface area contributed by atoms with Gasteiger partial charge in [0.05, 0.1) is 16.9 Å². The molecule has 0 radical (unpaired) electrons. The number of aldehydes is 1. The highest BCUT2D eigenvalue weighted by atomic mass is 35.5. The highest BCUT2D eigenvalue weighted by Gasteiger charge is 2.15. The average molecular weight is 449 g/mol. The van der Waals surface area contributed by atoms with Crippen LogP contribution in [0.3, 0.4) is 0 Å². The van der Waals surface area contributed by atoms with Gasteiger partial charge in [0, 0.05) is 24.1 Å². The number of carbonyl (C=O) groups excluding carboxylic acids is 2. The van der Waals surface area contributed by atoms with E-state index in [9.17, 15) is 14.8 Å². The van der Waals surface area contributed by atoms with Crippen LogP contribution in [-0.2, 0) is 4.74 Å². The molecule has 158 valence electrons. The zero-order chi connectivity index (χ0) is 21.9. The van der Waals surface area contributed by atoms with E-state index in [0.717, 1.165) is 23.1 Å². The monoisotopic (exact) mass is 448 g/mol. The van der Waals surface area contributed by atoms with Gasteiger partial charge in [0.2, 0.25) is 0 Å². The molecule has 1 amide bonds. The molecule has 2 aromatic carbocycles. The number of para-hydroxylation sites is 1. The Kier molecular flexibility index (Phi) is 9.23. The largest absolute Gasteiger partial charge is 0.385 e. The van der Waals surface area contributed by atoms with E-state index >= 15 is 0 Å². The lowest BCUT2D eigenvalue weighted by molar-refractivity contribution is 0.102. The van der Waals surface area contributed by atoms with Gasteiger partial charge in [-0.1, -0.05) is 23.7 Å². The first-order valence-corrected chi connectivity index (χ1v) is 10.1. The standard InChI is InChI=1S/C17H13ClN4O3S.C3H8O/c18-11-5-7-13(8-6-11)22(25)21-15-4-2-1-3-14(15)16(24)20-17-19-12(9-23)10-26-17;1-3-4-2/h1-10,21,25H,(H,19,20,24);3H2,1-2H3. The van der Waals surface area contributed by atoms with Gasteiger partial charge in [0.15, 0.2) is 11.4 Å². The van der Waals surface area contributed by atoms with Crippen molar-refractivity contribution in [2.45, 2.75) is 6.92 Å². The molecule has 0 unspecified atom stereocenters. The number of methoxy groups -OCH3 is 1. The Hall–Kier alpha value is -2.98. The molecule has 0 aliphatic heterocycles. The number of amides is 1. The maximum atomic E-state index is 12.5. The third-order valence-corrected chi connectivity index (χ3v) is 4.65. The van der Waals surface area contributed by atoms with Crippen LogP contribution in [0.1, 0.15) is 27.8 Å². The number of aromatic nitrogens is 1. The Morgan fingerprint density at radius 2 is 1.93 bits per heavy atom. The summed E-state index contributed by atoms with van der Waals surface area (Å²) in [6, 6.07) is 13.2. The van der Waals surface area contributed by atoms with Crippen molar-refractivity contribution in [3.63, 3.8) is 0 Å². The molecule has 0 spiro atoms. The van der Waals surface area contributed by atoms with E-state index in [2.05, 4.69) is 20.5 Å². The molecule has 0 aliphatic rings. The molecule has 10 heteroatoms. The number of hydrogen-bond donors (Lipinski definition) is 3. The second-order valence-electron chi connectivity index (χ2n) is 5.67. The van der Waals surface area contributed by atoms with Crippen LogP contribution in [-0.4, -0.2) is 36.1 Å². The van der Waals surface area contributed by atoms with Crippen LogP contribution in [0.2, 0.25) is 5.02 Å². The normalized spacial score (nSPS) is 9.87. The molecule has 1 heterocycles. The van der Waals surface area contributed by atoms with Gasteiger partial charge in [0.1, 0.15) is 5.69 Å². The van der Waals surface area contributed by atoms with E-state index in [0.29, 0.717) is 33.4 Å². The van der Waals surface area contributed by atoms with Gasteiger partial charge in [-0.25, -0.2) is 4.98 Å². The fourth-order valence-corrected chi connectivity index (χ4v) is 2.88. The number of carbonyl (C=O) groups is 2. The lowest BCUT2D eigenvalue weighted by atomic mass is 10.1. The number of thiazole rings is 1. The highest BCUT2D eigenvalue weighted by Crippen LogP contribution is 2.22. The van der Waals surface area contributed by atoms with E-state index in [1.54, 1.807) is 61.0 Å². The number of rotatable bonds is 7. The van der Waals surface area contributed by atoms with Crippen molar-refractivity contribution in [1.82, 2.24) is 4.98 Å². The van der Waals surface area contributed by atoms with E-state index in [1.807, 2.05) is 6.92 Å². The SMILES string of the molecule is CCOC.O=Cc1csc(NC(=O)c2ccccc2NN(O)c2ccc(Cl)cc2)n1. The zero-order valence-electron chi connectivity index (χ0n) is 16.3. The second kappa shape index (κ2) is 11.9. The summed E-state index contributed by atoms with van der Waals surface area (Å²) in [6.07, 6.45) is 0.609. The molecule has 0 aliphatic carbocycles. The summed E-state index contributed by atoms with van der Waals surface area (Å²) in [7, 11) is 1.68. The van der Waals surface area contributed by atoms with Crippen molar-refractivity contribution in [2.75, 3.05) is 29.6 Å². The molecular formula is C20H21ClN4O4S. The molecule has 3 aromatic rings. The molecular weight excluding hydrogens is 428 g/mol. The van der Waals surface area contributed by atoms with E-state index in [4.69, 9.17) is 11.6 Å². The summed E-state index contributed by atoms with van der Waals surface area (Å²) < 4.78 is 4.54. The first kappa shape index (κ1) is 23.3. The number of benzene rings is 2. The van der Waals surface area contributed by atoms with Crippen molar-refractivity contribution in [3.05, 3.63) is 70.2 Å². The quantitative estimate of drug-likeness (QED) is 0.354. The predicted molar refractivity (Wildman–Crippen MR) is 119 cm³/mol. The molecule has 0 fully saturated rings. The summed E-state index contributed by atoms with van der Waals surface area (Å²) in [5.41, 5.74) is 4.12. The number of hydrogen-bond acceptors (Lipinski definition) is 8. The molecule has 3 N–H and O–H groups in total. The second-order valence-corrected chi connectivity index (χ2v) is 6.97. The number of nitrogens with zero attached hydrogens (tertiary/aromatic N) is 2. The van der Waals surface area contributed by atoms with Gasteiger partial charge in [-0.15, -0.1) is 11.3 Å². The van der Waals surface area contributed by atoms with Crippen LogP contribution in [0.25, 0.3) is 0 Å². The fourth-order valence-electron chi connectivity index (χ4n) is 2.10. The smallest absolute Gasteiger partial charge is 0.259 e. The third kappa shape index (κ3) is 6.82. The van der Waals surface area contributed by atoms with Crippen molar-refractivity contribution < 1.29 is 19.5 Å². The molecule has 0 bridgehead atoms. The molecule has 3 rings (SSSR count). The van der Waals surface area contributed by atoms with Crippen LogP contribution < -0.4 is 15.9 Å².